The van der Waals surface area contributed by atoms with Crippen molar-refractivity contribution in [2.24, 2.45) is 4.99 Å². The van der Waals surface area contributed by atoms with Gasteiger partial charge in [-0.15, -0.1) is 11.3 Å². The first-order chi connectivity index (χ1) is 16.7. The number of aryl methyl sites for hydroxylation is 1. The molecule has 1 aliphatic rings. The second-order valence-corrected chi connectivity index (χ2v) is 9.52. The first-order valence-electron chi connectivity index (χ1n) is 10.7. The number of amides is 1. The highest BCUT2D eigenvalue weighted by molar-refractivity contribution is 8.19. The Labute approximate surface area is 206 Å². The average molecular weight is 484 g/mol. The van der Waals surface area contributed by atoms with E-state index in [9.17, 15) is 4.79 Å². The van der Waals surface area contributed by atoms with Crippen molar-refractivity contribution in [1.82, 2.24) is 4.98 Å². The molecule has 0 saturated carbocycles. The van der Waals surface area contributed by atoms with E-state index in [-0.39, 0.29) is 5.91 Å². The summed E-state index contributed by atoms with van der Waals surface area (Å²) in [6.07, 6.45) is 3.59. The van der Waals surface area contributed by atoms with Crippen LogP contribution in [0.2, 0.25) is 0 Å². The number of thioether (sulfide) groups is 1. The minimum Gasteiger partial charge on any atom is -0.489 e. The monoisotopic (exact) mass is 483 g/mol. The van der Waals surface area contributed by atoms with Gasteiger partial charge in [-0.1, -0.05) is 60.2 Å². The number of anilines is 1. The summed E-state index contributed by atoms with van der Waals surface area (Å²) in [6, 6.07) is 25.6. The van der Waals surface area contributed by atoms with Crippen LogP contribution in [0.4, 0.5) is 10.8 Å². The topological polar surface area (TPSA) is 54.8 Å². The summed E-state index contributed by atoms with van der Waals surface area (Å²) in [5.74, 6) is 0.677. The van der Waals surface area contributed by atoms with E-state index in [0.29, 0.717) is 21.8 Å². The van der Waals surface area contributed by atoms with Gasteiger partial charge in [0.05, 0.1) is 10.6 Å². The quantitative estimate of drug-likeness (QED) is 0.282. The summed E-state index contributed by atoms with van der Waals surface area (Å²) in [4.78, 5) is 24.4. The van der Waals surface area contributed by atoms with Gasteiger partial charge in [0.1, 0.15) is 12.4 Å². The highest BCUT2D eigenvalue weighted by Crippen LogP contribution is 2.37. The molecule has 3 aromatic carbocycles. The third-order valence-corrected chi connectivity index (χ3v) is 6.77. The minimum atomic E-state index is -0.105. The van der Waals surface area contributed by atoms with Crippen molar-refractivity contribution in [1.29, 1.82) is 0 Å². The van der Waals surface area contributed by atoms with Crippen molar-refractivity contribution in [3.8, 4) is 5.75 Å². The number of hydrogen-bond donors (Lipinski definition) is 0. The second-order valence-electron chi connectivity index (χ2n) is 7.64. The van der Waals surface area contributed by atoms with Crippen molar-refractivity contribution < 1.29 is 9.53 Å². The SMILES string of the molecule is Cc1ccc(COc2ccc(/C=C3\S/C(=N/c4nccs4)N(c4ccccc4)C3=O)cc2)cc1. The van der Waals surface area contributed by atoms with Crippen LogP contribution in [0.5, 0.6) is 5.75 Å². The molecule has 0 bridgehead atoms. The fraction of sp³-hybridized carbons (Fsp3) is 0.0741. The summed E-state index contributed by atoms with van der Waals surface area (Å²) in [5.41, 5.74) is 4.05. The molecule has 1 aromatic heterocycles. The van der Waals surface area contributed by atoms with Crippen molar-refractivity contribution in [2.45, 2.75) is 13.5 Å². The van der Waals surface area contributed by atoms with Gasteiger partial charge >= 0.3 is 0 Å². The average Bonchev–Trinajstić information content (AvgIpc) is 3.48. The van der Waals surface area contributed by atoms with Crippen molar-refractivity contribution in [3.05, 3.63) is 112 Å². The van der Waals surface area contributed by atoms with Gasteiger partial charge in [-0.3, -0.25) is 9.69 Å². The number of amidine groups is 1. The summed E-state index contributed by atoms with van der Waals surface area (Å²) in [7, 11) is 0. The zero-order chi connectivity index (χ0) is 23.3. The maximum Gasteiger partial charge on any atom is 0.271 e. The normalized spacial score (nSPS) is 15.9. The standard InChI is InChI=1S/C27H21N3O2S2/c1-19-7-9-21(10-8-19)18-32-23-13-11-20(12-14-23)17-24-25(31)30(22-5-3-2-4-6-22)27(34-24)29-26-28-15-16-33-26/h2-17H,18H2,1H3/b24-17-,29-27+. The van der Waals surface area contributed by atoms with Gasteiger partial charge in [0.2, 0.25) is 5.13 Å². The largest absolute Gasteiger partial charge is 0.489 e. The number of nitrogens with zero attached hydrogens (tertiary/aromatic N) is 3. The first-order valence-corrected chi connectivity index (χ1v) is 12.4. The van der Waals surface area contributed by atoms with Gasteiger partial charge in [0, 0.05) is 11.6 Å². The molecule has 0 atom stereocenters. The Morgan fingerprint density at radius 2 is 1.76 bits per heavy atom. The van der Waals surface area contributed by atoms with Gasteiger partial charge in [0.25, 0.3) is 5.91 Å². The Hall–Kier alpha value is -3.68. The van der Waals surface area contributed by atoms with E-state index in [1.165, 1.54) is 28.7 Å². The molecular formula is C27H21N3O2S2. The van der Waals surface area contributed by atoms with Gasteiger partial charge in [-0.2, -0.15) is 4.99 Å². The van der Waals surface area contributed by atoms with E-state index in [0.717, 1.165) is 22.6 Å². The molecule has 0 spiro atoms. The predicted molar refractivity (Wildman–Crippen MR) is 141 cm³/mol. The number of carbonyl (C=O) groups is 1. The summed E-state index contributed by atoms with van der Waals surface area (Å²) >= 11 is 2.79. The maximum atomic E-state index is 13.3. The number of carbonyl (C=O) groups excluding carboxylic acids is 1. The molecule has 0 radical (unpaired) electrons. The molecule has 0 N–H and O–H groups in total. The molecule has 5 rings (SSSR count). The molecule has 34 heavy (non-hydrogen) atoms. The Balaban J connectivity index is 1.35. The highest BCUT2D eigenvalue weighted by Gasteiger charge is 2.34. The van der Waals surface area contributed by atoms with Crippen LogP contribution >= 0.6 is 23.1 Å². The molecule has 1 fully saturated rings. The smallest absolute Gasteiger partial charge is 0.271 e. The van der Waals surface area contributed by atoms with Crippen LogP contribution in [-0.2, 0) is 11.4 Å². The number of rotatable bonds is 6. The summed E-state index contributed by atoms with van der Waals surface area (Å²) < 4.78 is 5.90. The fourth-order valence-corrected chi connectivity index (χ4v) is 4.91. The Morgan fingerprint density at radius 1 is 1.00 bits per heavy atom. The van der Waals surface area contributed by atoms with Gasteiger partial charge < -0.3 is 4.74 Å². The van der Waals surface area contributed by atoms with E-state index in [2.05, 4.69) is 41.2 Å². The molecular weight excluding hydrogens is 462 g/mol. The molecule has 0 unspecified atom stereocenters. The van der Waals surface area contributed by atoms with E-state index in [1.807, 2.05) is 66.1 Å². The molecule has 7 heteroatoms. The molecule has 1 aliphatic heterocycles. The van der Waals surface area contributed by atoms with E-state index < -0.39 is 0 Å². The zero-order valence-electron chi connectivity index (χ0n) is 18.4. The molecule has 0 aliphatic carbocycles. The molecule has 1 amide bonds. The van der Waals surface area contributed by atoms with Crippen molar-refractivity contribution >= 4 is 51.1 Å². The minimum absolute atomic E-state index is 0.105. The van der Waals surface area contributed by atoms with E-state index >= 15 is 0 Å². The van der Waals surface area contributed by atoms with Crippen LogP contribution in [0.15, 0.2) is 100 Å². The lowest BCUT2D eigenvalue weighted by molar-refractivity contribution is -0.113. The lowest BCUT2D eigenvalue weighted by Gasteiger charge is -2.14. The van der Waals surface area contributed by atoms with E-state index in [4.69, 9.17) is 4.74 Å². The van der Waals surface area contributed by atoms with Crippen LogP contribution in [-0.4, -0.2) is 16.1 Å². The number of ether oxygens (including phenoxy) is 1. The summed E-state index contributed by atoms with van der Waals surface area (Å²) in [6.45, 7) is 2.58. The number of aliphatic imine (C=N–C) groups is 1. The highest BCUT2D eigenvalue weighted by atomic mass is 32.2. The molecule has 168 valence electrons. The third kappa shape index (κ3) is 5.11. The zero-order valence-corrected chi connectivity index (χ0v) is 20.1. The second kappa shape index (κ2) is 10.1. The van der Waals surface area contributed by atoms with Crippen LogP contribution < -0.4 is 9.64 Å². The van der Waals surface area contributed by atoms with Crippen LogP contribution in [0.1, 0.15) is 16.7 Å². The lowest BCUT2D eigenvalue weighted by atomic mass is 10.1. The van der Waals surface area contributed by atoms with Crippen molar-refractivity contribution in [3.63, 3.8) is 0 Å². The van der Waals surface area contributed by atoms with Crippen LogP contribution in [0, 0.1) is 6.92 Å². The third-order valence-electron chi connectivity index (χ3n) is 5.14. The Morgan fingerprint density at radius 3 is 2.47 bits per heavy atom. The number of benzene rings is 3. The van der Waals surface area contributed by atoms with Crippen LogP contribution in [0.25, 0.3) is 6.08 Å². The number of hydrogen-bond acceptors (Lipinski definition) is 6. The van der Waals surface area contributed by atoms with Gasteiger partial charge in [-0.05, 0) is 60.2 Å². The Bertz CT molecular complexity index is 1330. The molecule has 4 aromatic rings. The van der Waals surface area contributed by atoms with Gasteiger partial charge in [0.15, 0.2) is 5.17 Å². The number of aromatic nitrogens is 1. The number of thiazole rings is 1. The number of para-hydroxylation sites is 1. The van der Waals surface area contributed by atoms with E-state index in [1.54, 1.807) is 11.1 Å². The predicted octanol–water partition coefficient (Wildman–Crippen LogP) is 6.84. The van der Waals surface area contributed by atoms with Crippen molar-refractivity contribution in [2.75, 3.05) is 4.90 Å². The molecule has 5 nitrogen and oxygen atoms in total. The molecule has 1 saturated heterocycles. The lowest BCUT2D eigenvalue weighted by Crippen LogP contribution is -2.28. The maximum absolute atomic E-state index is 13.3. The Kier molecular flexibility index (Phi) is 6.56. The molecule has 2 heterocycles. The fourth-order valence-electron chi connectivity index (χ4n) is 3.37. The first kappa shape index (κ1) is 22.1. The summed E-state index contributed by atoms with van der Waals surface area (Å²) in [5, 5.41) is 3.08. The van der Waals surface area contributed by atoms with Gasteiger partial charge in [-0.25, -0.2) is 4.98 Å². The van der Waals surface area contributed by atoms with Crippen LogP contribution in [0.3, 0.4) is 0 Å².